The summed E-state index contributed by atoms with van der Waals surface area (Å²) in [4.78, 5) is 12.5. The summed E-state index contributed by atoms with van der Waals surface area (Å²) in [5, 5.41) is 0. The van der Waals surface area contributed by atoms with Crippen molar-refractivity contribution in [3.05, 3.63) is 64.4 Å². The number of aryl methyl sites for hydroxylation is 2. The van der Waals surface area contributed by atoms with Crippen molar-refractivity contribution in [3.63, 3.8) is 0 Å². The monoisotopic (exact) mass is 280 g/mol. The summed E-state index contributed by atoms with van der Waals surface area (Å²) in [6.45, 7) is 3.97. The van der Waals surface area contributed by atoms with Gasteiger partial charge in [0.15, 0.2) is 5.76 Å². The SMILES string of the molecule is COc1cc(C)cc2c1C(=O)/C(=C/c1ccc(C)cc1)O2. The second-order valence-electron chi connectivity index (χ2n) is 5.19. The summed E-state index contributed by atoms with van der Waals surface area (Å²) in [5.74, 6) is 1.32. The zero-order valence-electron chi connectivity index (χ0n) is 12.3. The highest BCUT2D eigenvalue weighted by Crippen LogP contribution is 2.39. The van der Waals surface area contributed by atoms with Gasteiger partial charge in [0.05, 0.1) is 7.11 Å². The number of hydrogen-bond acceptors (Lipinski definition) is 3. The summed E-state index contributed by atoms with van der Waals surface area (Å²) in [7, 11) is 1.56. The number of Topliss-reactive ketones (excluding diaryl/α,β-unsaturated/α-hetero) is 1. The molecule has 106 valence electrons. The Kier molecular flexibility index (Phi) is 3.26. The first-order chi connectivity index (χ1) is 10.1. The van der Waals surface area contributed by atoms with E-state index in [1.165, 1.54) is 5.56 Å². The Morgan fingerprint density at radius 2 is 1.76 bits per heavy atom. The number of methoxy groups -OCH3 is 1. The molecule has 0 spiro atoms. The molecule has 0 amide bonds. The maximum Gasteiger partial charge on any atom is 0.235 e. The summed E-state index contributed by atoms with van der Waals surface area (Å²) in [6.07, 6.45) is 1.76. The summed E-state index contributed by atoms with van der Waals surface area (Å²) in [6, 6.07) is 11.6. The van der Waals surface area contributed by atoms with E-state index in [0.717, 1.165) is 11.1 Å². The summed E-state index contributed by atoms with van der Waals surface area (Å²) < 4.78 is 11.0. The minimum Gasteiger partial charge on any atom is -0.496 e. The van der Waals surface area contributed by atoms with E-state index >= 15 is 0 Å². The maximum atomic E-state index is 12.5. The van der Waals surface area contributed by atoms with Crippen molar-refractivity contribution in [3.8, 4) is 11.5 Å². The highest BCUT2D eigenvalue weighted by Gasteiger charge is 2.31. The first kappa shape index (κ1) is 13.4. The van der Waals surface area contributed by atoms with Crippen molar-refractivity contribution in [1.29, 1.82) is 0 Å². The molecule has 0 N–H and O–H groups in total. The summed E-state index contributed by atoms with van der Waals surface area (Å²) >= 11 is 0. The van der Waals surface area contributed by atoms with Gasteiger partial charge in [-0.1, -0.05) is 29.8 Å². The first-order valence-corrected chi connectivity index (χ1v) is 6.78. The van der Waals surface area contributed by atoms with Crippen LogP contribution in [0.1, 0.15) is 27.0 Å². The van der Waals surface area contributed by atoms with Crippen LogP contribution in [0.2, 0.25) is 0 Å². The largest absolute Gasteiger partial charge is 0.496 e. The van der Waals surface area contributed by atoms with Gasteiger partial charge in [-0.25, -0.2) is 0 Å². The Hall–Kier alpha value is -2.55. The van der Waals surface area contributed by atoms with Crippen LogP contribution < -0.4 is 9.47 Å². The molecule has 1 aliphatic rings. The van der Waals surface area contributed by atoms with Gasteiger partial charge < -0.3 is 9.47 Å². The van der Waals surface area contributed by atoms with E-state index in [1.807, 2.05) is 50.2 Å². The molecule has 0 fully saturated rings. The third-order valence-electron chi connectivity index (χ3n) is 3.48. The predicted octanol–water partition coefficient (Wildman–Crippen LogP) is 3.93. The van der Waals surface area contributed by atoms with Gasteiger partial charge in [0.2, 0.25) is 5.78 Å². The molecule has 0 saturated carbocycles. The Morgan fingerprint density at radius 3 is 2.43 bits per heavy atom. The smallest absolute Gasteiger partial charge is 0.235 e. The van der Waals surface area contributed by atoms with Crippen molar-refractivity contribution in [1.82, 2.24) is 0 Å². The zero-order chi connectivity index (χ0) is 15.0. The Labute approximate surface area is 123 Å². The molecule has 0 atom stereocenters. The Balaban J connectivity index is 2.02. The highest BCUT2D eigenvalue weighted by atomic mass is 16.5. The molecule has 0 aliphatic carbocycles. The van der Waals surface area contributed by atoms with E-state index in [0.29, 0.717) is 22.8 Å². The molecule has 0 unspecified atom stereocenters. The van der Waals surface area contributed by atoms with Crippen LogP contribution in [0.4, 0.5) is 0 Å². The van der Waals surface area contributed by atoms with Crippen LogP contribution in [0.15, 0.2) is 42.2 Å². The molecule has 1 heterocycles. The normalized spacial score (nSPS) is 15.0. The summed E-state index contributed by atoms with van der Waals surface area (Å²) in [5.41, 5.74) is 3.61. The molecule has 3 heteroatoms. The number of carbonyl (C=O) groups is 1. The van der Waals surface area contributed by atoms with Crippen molar-refractivity contribution < 1.29 is 14.3 Å². The Bertz CT molecular complexity index is 740. The van der Waals surface area contributed by atoms with E-state index < -0.39 is 0 Å². The minimum atomic E-state index is -0.137. The van der Waals surface area contributed by atoms with E-state index in [4.69, 9.17) is 9.47 Å². The second-order valence-corrected chi connectivity index (χ2v) is 5.19. The fraction of sp³-hybridized carbons (Fsp3) is 0.167. The van der Waals surface area contributed by atoms with Gasteiger partial charge in [-0.15, -0.1) is 0 Å². The maximum absolute atomic E-state index is 12.5. The topological polar surface area (TPSA) is 35.5 Å². The third-order valence-corrected chi connectivity index (χ3v) is 3.48. The van der Waals surface area contributed by atoms with Gasteiger partial charge in [-0.05, 0) is 43.2 Å². The molecule has 2 aromatic carbocycles. The van der Waals surface area contributed by atoms with Crippen molar-refractivity contribution in [2.45, 2.75) is 13.8 Å². The van der Waals surface area contributed by atoms with Gasteiger partial charge >= 0.3 is 0 Å². The lowest BCUT2D eigenvalue weighted by Crippen LogP contribution is -2.00. The van der Waals surface area contributed by atoms with Gasteiger partial charge in [0, 0.05) is 0 Å². The molecular formula is C18H16O3. The number of fused-ring (bicyclic) bond motifs is 1. The predicted molar refractivity (Wildman–Crippen MR) is 81.8 cm³/mol. The fourth-order valence-corrected chi connectivity index (χ4v) is 2.38. The number of carbonyl (C=O) groups excluding carboxylic acids is 1. The lowest BCUT2D eigenvalue weighted by atomic mass is 10.1. The number of hydrogen-bond donors (Lipinski definition) is 0. The molecule has 2 aromatic rings. The molecule has 1 aliphatic heterocycles. The van der Waals surface area contributed by atoms with Crippen LogP contribution in [0.3, 0.4) is 0 Å². The van der Waals surface area contributed by atoms with E-state index in [1.54, 1.807) is 13.2 Å². The van der Waals surface area contributed by atoms with Gasteiger partial charge in [0.25, 0.3) is 0 Å². The van der Waals surface area contributed by atoms with Crippen molar-refractivity contribution >= 4 is 11.9 Å². The Morgan fingerprint density at radius 1 is 1.05 bits per heavy atom. The molecule has 3 rings (SSSR count). The lowest BCUT2D eigenvalue weighted by Gasteiger charge is -2.05. The van der Waals surface area contributed by atoms with Crippen molar-refractivity contribution in [2.75, 3.05) is 7.11 Å². The van der Waals surface area contributed by atoms with E-state index in [9.17, 15) is 4.79 Å². The van der Waals surface area contributed by atoms with Gasteiger partial charge in [-0.2, -0.15) is 0 Å². The van der Waals surface area contributed by atoms with Gasteiger partial charge in [0.1, 0.15) is 17.1 Å². The minimum absolute atomic E-state index is 0.137. The number of benzene rings is 2. The number of ketones is 1. The average molecular weight is 280 g/mol. The second kappa shape index (κ2) is 5.09. The quantitative estimate of drug-likeness (QED) is 0.782. The number of rotatable bonds is 2. The van der Waals surface area contributed by atoms with E-state index in [-0.39, 0.29) is 5.78 Å². The number of ether oxygens (including phenoxy) is 2. The molecule has 21 heavy (non-hydrogen) atoms. The molecule has 0 saturated heterocycles. The standard InChI is InChI=1S/C18H16O3/c1-11-4-6-13(7-5-11)10-16-18(19)17-14(20-3)8-12(2)9-15(17)21-16/h4-10H,1-3H3/b16-10-. The van der Waals surface area contributed by atoms with Crippen LogP contribution in [-0.2, 0) is 0 Å². The highest BCUT2D eigenvalue weighted by molar-refractivity contribution is 6.16. The zero-order valence-corrected chi connectivity index (χ0v) is 12.3. The van der Waals surface area contributed by atoms with Crippen molar-refractivity contribution in [2.24, 2.45) is 0 Å². The van der Waals surface area contributed by atoms with Crippen LogP contribution in [0.5, 0.6) is 11.5 Å². The molecule has 0 aromatic heterocycles. The molecule has 0 bridgehead atoms. The fourth-order valence-electron chi connectivity index (χ4n) is 2.38. The van der Waals surface area contributed by atoms with Crippen LogP contribution in [-0.4, -0.2) is 12.9 Å². The van der Waals surface area contributed by atoms with Crippen LogP contribution in [0, 0.1) is 13.8 Å². The third kappa shape index (κ3) is 2.42. The van der Waals surface area contributed by atoms with Crippen LogP contribution >= 0.6 is 0 Å². The van der Waals surface area contributed by atoms with E-state index in [2.05, 4.69) is 0 Å². The molecular weight excluding hydrogens is 264 g/mol. The average Bonchev–Trinajstić information content (AvgIpc) is 2.77. The van der Waals surface area contributed by atoms with Crippen LogP contribution in [0.25, 0.3) is 6.08 Å². The molecule has 3 nitrogen and oxygen atoms in total. The first-order valence-electron chi connectivity index (χ1n) is 6.78. The molecule has 0 radical (unpaired) electrons. The van der Waals surface area contributed by atoms with Gasteiger partial charge in [-0.3, -0.25) is 4.79 Å². The number of allylic oxidation sites excluding steroid dienone is 1. The lowest BCUT2D eigenvalue weighted by molar-refractivity contribution is 0.101.